The minimum Gasteiger partial charge on any atom is -0.399 e. The first kappa shape index (κ1) is 11.3. The van der Waals surface area contributed by atoms with Crippen molar-refractivity contribution in [1.82, 2.24) is 4.98 Å². The first-order valence-electron chi connectivity index (χ1n) is 4.69. The molecule has 1 aromatic heterocycles. The number of anilines is 3. The molecule has 0 saturated heterocycles. The smallest absolute Gasteiger partial charge is 0.182 e. The van der Waals surface area contributed by atoms with E-state index in [9.17, 15) is 13.2 Å². The fraction of sp³-hybridized carbons (Fsp3) is 0. The van der Waals surface area contributed by atoms with Crippen molar-refractivity contribution in [3.05, 3.63) is 47.9 Å². The minimum absolute atomic E-state index is 0.203. The molecule has 0 aliphatic rings. The largest absolute Gasteiger partial charge is 0.399 e. The van der Waals surface area contributed by atoms with Gasteiger partial charge in [0, 0.05) is 30.1 Å². The van der Waals surface area contributed by atoms with Crippen molar-refractivity contribution in [3.63, 3.8) is 0 Å². The maximum atomic E-state index is 13.3. The van der Waals surface area contributed by atoms with E-state index in [2.05, 4.69) is 10.3 Å². The molecule has 6 heteroatoms. The predicted octanol–water partition coefficient (Wildman–Crippen LogP) is 2.82. The van der Waals surface area contributed by atoms with Crippen LogP contribution in [-0.4, -0.2) is 4.98 Å². The van der Waals surface area contributed by atoms with Gasteiger partial charge in [0.1, 0.15) is 11.6 Å². The molecule has 0 spiro atoms. The van der Waals surface area contributed by atoms with Gasteiger partial charge in [-0.1, -0.05) is 0 Å². The van der Waals surface area contributed by atoms with Gasteiger partial charge in [0.15, 0.2) is 11.6 Å². The first-order chi connectivity index (χ1) is 8.06. The number of nitrogens with one attached hydrogen (secondary N) is 1. The number of nitrogens with zero attached hydrogens (tertiary/aromatic N) is 1. The van der Waals surface area contributed by atoms with Gasteiger partial charge in [0.2, 0.25) is 0 Å². The Morgan fingerprint density at radius 2 is 1.88 bits per heavy atom. The Labute approximate surface area is 95.1 Å². The quantitative estimate of drug-likeness (QED) is 0.792. The SMILES string of the molecule is Nc1ccnc(Nc2cc(F)cc(F)c2F)c1. The van der Waals surface area contributed by atoms with Crippen LogP contribution in [0, 0.1) is 17.5 Å². The van der Waals surface area contributed by atoms with E-state index < -0.39 is 17.5 Å². The fourth-order valence-corrected chi connectivity index (χ4v) is 1.30. The lowest BCUT2D eigenvalue weighted by atomic mass is 10.2. The zero-order chi connectivity index (χ0) is 12.4. The van der Waals surface area contributed by atoms with Crippen LogP contribution in [0.1, 0.15) is 0 Å². The van der Waals surface area contributed by atoms with Gasteiger partial charge in [0.05, 0.1) is 5.69 Å². The molecule has 1 aromatic carbocycles. The van der Waals surface area contributed by atoms with Gasteiger partial charge in [-0.3, -0.25) is 0 Å². The number of aromatic nitrogens is 1. The Bertz CT molecular complexity index is 558. The van der Waals surface area contributed by atoms with Gasteiger partial charge in [-0.15, -0.1) is 0 Å². The number of halogens is 3. The second-order valence-electron chi connectivity index (χ2n) is 3.35. The Hall–Kier alpha value is -2.24. The van der Waals surface area contributed by atoms with Crippen LogP contribution in [0.4, 0.5) is 30.4 Å². The molecule has 0 bridgehead atoms. The highest BCUT2D eigenvalue weighted by atomic mass is 19.2. The zero-order valence-corrected chi connectivity index (χ0v) is 8.55. The van der Waals surface area contributed by atoms with Crippen molar-refractivity contribution >= 4 is 17.2 Å². The lowest BCUT2D eigenvalue weighted by molar-refractivity contribution is 0.498. The van der Waals surface area contributed by atoms with Gasteiger partial charge in [-0.25, -0.2) is 18.2 Å². The minimum atomic E-state index is -1.27. The summed E-state index contributed by atoms with van der Waals surface area (Å²) in [7, 11) is 0. The molecule has 0 aliphatic heterocycles. The number of hydrogen-bond donors (Lipinski definition) is 2. The van der Waals surface area contributed by atoms with Crippen LogP contribution in [0.3, 0.4) is 0 Å². The van der Waals surface area contributed by atoms with E-state index in [0.717, 1.165) is 6.07 Å². The summed E-state index contributed by atoms with van der Waals surface area (Å²) in [5, 5.41) is 2.45. The second kappa shape index (κ2) is 4.32. The molecule has 2 aromatic rings. The van der Waals surface area contributed by atoms with Crippen molar-refractivity contribution in [2.45, 2.75) is 0 Å². The fourth-order valence-electron chi connectivity index (χ4n) is 1.30. The van der Waals surface area contributed by atoms with Crippen molar-refractivity contribution in [3.8, 4) is 0 Å². The summed E-state index contributed by atoms with van der Waals surface area (Å²) in [5.74, 6) is -3.11. The van der Waals surface area contributed by atoms with E-state index in [1.54, 1.807) is 0 Å². The summed E-state index contributed by atoms with van der Waals surface area (Å²) >= 11 is 0. The summed E-state index contributed by atoms with van der Waals surface area (Å²) in [6.07, 6.45) is 1.39. The molecule has 0 radical (unpaired) electrons. The Balaban J connectivity index is 2.36. The predicted molar refractivity (Wildman–Crippen MR) is 58.2 cm³/mol. The summed E-state index contributed by atoms with van der Waals surface area (Å²) in [5.41, 5.74) is 5.56. The molecule has 0 aliphatic carbocycles. The number of rotatable bonds is 2. The summed E-state index contributed by atoms with van der Waals surface area (Å²) in [6.45, 7) is 0. The van der Waals surface area contributed by atoms with Crippen LogP contribution in [0.5, 0.6) is 0 Å². The molecular formula is C11H8F3N3. The van der Waals surface area contributed by atoms with Gasteiger partial charge < -0.3 is 11.1 Å². The third-order valence-electron chi connectivity index (χ3n) is 2.04. The van der Waals surface area contributed by atoms with Crippen LogP contribution in [-0.2, 0) is 0 Å². The normalized spacial score (nSPS) is 10.3. The maximum absolute atomic E-state index is 13.3. The second-order valence-corrected chi connectivity index (χ2v) is 3.35. The van der Waals surface area contributed by atoms with Crippen LogP contribution < -0.4 is 11.1 Å². The Morgan fingerprint density at radius 1 is 1.12 bits per heavy atom. The van der Waals surface area contributed by atoms with Crippen LogP contribution in [0.2, 0.25) is 0 Å². The van der Waals surface area contributed by atoms with Crippen LogP contribution >= 0.6 is 0 Å². The van der Waals surface area contributed by atoms with Gasteiger partial charge in [-0.05, 0) is 6.07 Å². The van der Waals surface area contributed by atoms with E-state index in [1.807, 2.05) is 0 Å². The first-order valence-corrected chi connectivity index (χ1v) is 4.69. The molecule has 1 heterocycles. The highest BCUT2D eigenvalue weighted by molar-refractivity contribution is 5.60. The number of pyridine rings is 1. The summed E-state index contributed by atoms with van der Waals surface area (Å²) in [6, 6.07) is 4.26. The van der Waals surface area contributed by atoms with E-state index in [-0.39, 0.29) is 11.5 Å². The van der Waals surface area contributed by atoms with Crippen molar-refractivity contribution in [1.29, 1.82) is 0 Å². The number of hydrogen-bond acceptors (Lipinski definition) is 3. The van der Waals surface area contributed by atoms with E-state index in [0.29, 0.717) is 11.8 Å². The molecule has 2 rings (SSSR count). The molecule has 3 N–H and O–H groups in total. The molecule has 3 nitrogen and oxygen atoms in total. The molecular weight excluding hydrogens is 231 g/mol. The number of nitrogen functional groups attached to an aromatic ring is 1. The van der Waals surface area contributed by atoms with Crippen molar-refractivity contribution in [2.24, 2.45) is 0 Å². The zero-order valence-electron chi connectivity index (χ0n) is 8.55. The van der Waals surface area contributed by atoms with Crippen molar-refractivity contribution < 1.29 is 13.2 Å². The highest BCUT2D eigenvalue weighted by Crippen LogP contribution is 2.22. The van der Waals surface area contributed by atoms with Gasteiger partial charge >= 0.3 is 0 Å². The Kier molecular flexibility index (Phi) is 2.86. The van der Waals surface area contributed by atoms with E-state index in [1.165, 1.54) is 18.3 Å². The number of nitrogens with two attached hydrogens (primary N) is 1. The third-order valence-corrected chi connectivity index (χ3v) is 2.04. The van der Waals surface area contributed by atoms with Gasteiger partial charge in [-0.2, -0.15) is 0 Å². The molecule has 0 atom stereocenters. The standard InChI is InChI=1S/C11H8F3N3/c12-6-3-8(13)11(14)9(4-6)17-10-5-7(15)1-2-16-10/h1-5H,(H3,15,16,17). The topological polar surface area (TPSA) is 50.9 Å². The van der Waals surface area contributed by atoms with Crippen molar-refractivity contribution in [2.75, 3.05) is 11.1 Å². The summed E-state index contributed by atoms with van der Waals surface area (Å²) < 4.78 is 39.1. The molecule has 0 saturated carbocycles. The average molecular weight is 239 g/mol. The molecule has 17 heavy (non-hydrogen) atoms. The third kappa shape index (κ3) is 2.47. The lowest BCUT2D eigenvalue weighted by Crippen LogP contribution is -2.00. The van der Waals surface area contributed by atoms with Crippen LogP contribution in [0.15, 0.2) is 30.5 Å². The Morgan fingerprint density at radius 3 is 2.59 bits per heavy atom. The highest BCUT2D eigenvalue weighted by Gasteiger charge is 2.11. The number of benzene rings is 1. The average Bonchev–Trinajstić information content (AvgIpc) is 2.25. The molecule has 0 amide bonds. The molecule has 0 unspecified atom stereocenters. The lowest BCUT2D eigenvalue weighted by Gasteiger charge is -2.07. The van der Waals surface area contributed by atoms with E-state index in [4.69, 9.17) is 5.73 Å². The van der Waals surface area contributed by atoms with Gasteiger partial charge in [0.25, 0.3) is 0 Å². The maximum Gasteiger partial charge on any atom is 0.182 e. The van der Waals surface area contributed by atoms with E-state index >= 15 is 0 Å². The summed E-state index contributed by atoms with van der Waals surface area (Å²) in [4.78, 5) is 3.83. The molecule has 88 valence electrons. The molecule has 0 fully saturated rings. The monoisotopic (exact) mass is 239 g/mol. The van der Waals surface area contributed by atoms with Crippen LogP contribution in [0.25, 0.3) is 0 Å².